The number of carbonyl (C=O) groups is 1. The number of ether oxygens (including phenoxy) is 1. The van der Waals surface area contributed by atoms with Crippen LogP contribution in [0.3, 0.4) is 0 Å². The van der Waals surface area contributed by atoms with Crippen LogP contribution in [0.25, 0.3) is 0 Å². The summed E-state index contributed by atoms with van der Waals surface area (Å²) in [5.41, 5.74) is 0. The van der Waals surface area contributed by atoms with Crippen molar-refractivity contribution in [1.82, 2.24) is 10.2 Å². The summed E-state index contributed by atoms with van der Waals surface area (Å²) < 4.78 is 5.77. The fraction of sp³-hybridized carbons (Fsp3) is 0.562. The first-order valence-corrected chi connectivity index (χ1v) is 7.89. The van der Waals surface area contributed by atoms with Crippen LogP contribution < -0.4 is 10.1 Å². The number of nitrogens with one attached hydrogen (secondary N) is 1. The van der Waals surface area contributed by atoms with Crippen LogP contribution in [-0.2, 0) is 4.79 Å². The highest BCUT2D eigenvalue weighted by atomic mass is 35.5. The summed E-state index contributed by atoms with van der Waals surface area (Å²) in [4.78, 5) is 14.7. The molecule has 2 saturated heterocycles. The molecular formula is C16H21ClN2O2. The maximum atomic E-state index is 12.7. The number of rotatable bonds is 3. The number of carbonyl (C=O) groups excluding carboxylic acids is 1. The molecule has 4 atom stereocenters. The van der Waals surface area contributed by atoms with Crippen LogP contribution in [0.1, 0.15) is 20.3 Å². The third-order valence-electron chi connectivity index (χ3n) is 4.49. The van der Waals surface area contributed by atoms with Gasteiger partial charge < -0.3 is 15.0 Å². The Kier molecular flexibility index (Phi) is 4.09. The fourth-order valence-electron chi connectivity index (χ4n) is 3.55. The summed E-state index contributed by atoms with van der Waals surface area (Å²) in [6.07, 6.45) is 0.582. The standard InChI is InChI=1S/C16H21ClN2O2/c1-10-6-12-8-18-9-15(12)19(10)16(20)11(2)21-14-5-3-4-13(17)7-14/h3-5,7,10-12,15,18H,6,8-9H2,1-2H3. The molecule has 1 amide bonds. The number of hydrogen-bond donors (Lipinski definition) is 1. The van der Waals surface area contributed by atoms with E-state index in [9.17, 15) is 4.79 Å². The van der Waals surface area contributed by atoms with Gasteiger partial charge >= 0.3 is 0 Å². The summed E-state index contributed by atoms with van der Waals surface area (Å²) >= 11 is 5.95. The van der Waals surface area contributed by atoms with Crippen molar-refractivity contribution in [2.45, 2.75) is 38.5 Å². The molecular weight excluding hydrogens is 288 g/mol. The molecule has 0 spiro atoms. The highest BCUT2D eigenvalue weighted by Crippen LogP contribution is 2.33. The Labute approximate surface area is 130 Å². The van der Waals surface area contributed by atoms with E-state index in [-0.39, 0.29) is 5.91 Å². The van der Waals surface area contributed by atoms with Gasteiger partial charge in [-0.2, -0.15) is 0 Å². The van der Waals surface area contributed by atoms with Crippen molar-refractivity contribution in [1.29, 1.82) is 0 Å². The van der Waals surface area contributed by atoms with Gasteiger partial charge in [0.25, 0.3) is 5.91 Å². The van der Waals surface area contributed by atoms with E-state index in [1.807, 2.05) is 24.0 Å². The first kappa shape index (κ1) is 14.7. The van der Waals surface area contributed by atoms with Crippen molar-refractivity contribution < 1.29 is 9.53 Å². The average Bonchev–Trinajstić information content (AvgIpc) is 2.97. The molecule has 5 heteroatoms. The van der Waals surface area contributed by atoms with E-state index < -0.39 is 6.10 Å². The Morgan fingerprint density at radius 1 is 1.48 bits per heavy atom. The van der Waals surface area contributed by atoms with Gasteiger partial charge in [0.15, 0.2) is 6.10 Å². The lowest BCUT2D eigenvalue weighted by Gasteiger charge is -2.30. The lowest BCUT2D eigenvalue weighted by molar-refractivity contribution is -0.140. The van der Waals surface area contributed by atoms with Crippen LogP contribution in [-0.4, -0.2) is 42.1 Å². The van der Waals surface area contributed by atoms with Gasteiger partial charge in [0.1, 0.15) is 5.75 Å². The van der Waals surface area contributed by atoms with E-state index in [0.29, 0.717) is 28.8 Å². The molecule has 0 saturated carbocycles. The molecule has 1 aromatic carbocycles. The maximum Gasteiger partial charge on any atom is 0.263 e. The third kappa shape index (κ3) is 2.87. The lowest BCUT2D eigenvalue weighted by atomic mass is 10.0. The highest BCUT2D eigenvalue weighted by Gasteiger charge is 2.45. The van der Waals surface area contributed by atoms with E-state index >= 15 is 0 Å². The molecule has 1 N–H and O–H groups in total. The highest BCUT2D eigenvalue weighted by molar-refractivity contribution is 6.30. The zero-order valence-corrected chi connectivity index (χ0v) is 13.1. The number of fused-ring (bicyclic) bond motifs is 1. The number of halogens is 1. The quantitative estimate of drug-likeness (QED) is 0.932. The summed E-state index contributed by atoms with van der Waals surface area (Å²) in [6, 6.07) is 7.78. The molecule has 21 heavy (non-hydrogen) atoms. The van der Waals surface area contributed by atoms with E-state index in [2.05, 4.69) is 12.2 Å². The molecule has 1 aromatic rings. The predicted molar refractivity (Wildman–Crippen MR) is 82.6 cm³/mol. The Morgan fingerprint density at radius 3 is 3.05 bits per heavy atom. The van der Waals surface area contributed by atoms with Gasteiger partial charge in [0.2, 0.25) is 0 Å². The molecule has 0 aromatic heterocycles. The average molecular weight is 309 g/mol. The molecule has 0 radical (unpaired) electrons. The van der Waals surface area contributed by atoms with Gasteiger partial charge in [0.05, 0.1) is 0 Å². The second kappa shape index (κ2) is 5.85. The molecule has 2 heterocycles. The van der Waals surface area contributed by atoms with E-state index in [0.717, 1.165) is 19.5 Å². The zero-order valence-electron chi connectivity index (χ0n) is 12.4. The first-order chi connectivity index (χ1) is 10.1. The van der Waals surface area contributed by atoms with Gasteiger partial charge in [-0.3, -0.25) is 4.79 Å². The van der Waals surface area contributed by atoms with E-state index in [4.69, 9.17) is 16.3 Å². The van der Waals surface area contributed by atoms with Gasteiger partial charge in [-0.1, -0.05) is 17.7 Å². The summed E-state index contributed by atoms with van der Waals surface area (Å²) in [7, 11) is 0. The van der Waals surface area contributed by atoms with Crippen molar-refractivity contribution in [3.8, 4) is 5.75 Å². The second-order valence-corrected chi connectivity index (χ2v) is 6.47. The SMILES string of the molecule is CC(Oc1cccc(Cl)c1)C(=O)N1C(C)CC2CNCC21. The van der Waals surface area contributed by atoms with E-state index in [1.165, 1.54) is 0 Å². The van der Waals surface area contributed by atoms with Crippen LogP contribution in [0, 0.1) is 5.92 Å². The molecule has 2 aliphatic rings. The van der Waals surface area contributed by atoms with Gasteiger partial charge in [-0.25, -0.2) is 0 Å². The second-order valence-electron chi connectivity index (χ2n) is 6.03. The Morgan fingerprint density at radius 2 is 2.29 bits per heavy atom. The van der Waals surface area contributed by atoms with Crippen molar-refractivity contribution in [3.63, 3.8) is 0 Å². The fourth-order valence-corrected chi connectivity index (χ4v) is 3.73. The Bertz CT molecular complexity index is 537. The van der Waals surface area contributed by atoms with Crippen molar-refractivity contribution in [2.24, 2.45) is 5.92 Å². The van der Waals surface area contributed by atoms with Crippen molar-refractivity contribution >= 4 is 17.5 Å². The monoisotopic (exact) mass is 308 g/mol. The molecule has 3 rings (SSSR count). The molecule has 0 bridgehead atoms. The minimum atomic E-state index is -0.495. The van der Waals surface area contributed by atoms with Gasteiger partial charge in [-0.05, 0) is 44.4 Å². The predicted octanol–water partition coefficient (Wildman–Crippen LogP) is 2.32. The maximum absolute atomic E-state index is 12.7. The number of likely N-dealkylation sites (tertiary alicyclic amines) is 1. The molecule has 114 valence electrons. The van der Waals surface area contributed by atoms with Crippen molar-refractivity contribution in [3.05, 3.63) is 29.3 Å². The minimum absolute atomic E-state index is 0.0682. The van der Waals surface area contributed by atoms with E-state index in [1.54, 1.807) is 12.1 Å². The summed E-state index contributed by atoms with van der Waals surface area (Å²) in [5, 5.41) is 3.99. The van der Waals surface area contributed by atoms with Crippen LogP contribution in [0.2, 0.25) is 5.02 Å². The normalized spacial score (nSPS) is 29.3. The number of hydrogen-bond acceptors (Lipinski definition) is 3. The summed E-state index contributed by atoms with van der Waals surface area (Å²) in [6.45, 7) is 5.85. The van der Waals surface area contributed by atoms with Crippen molar-refractivity contribution in [2.75, 3.05) is 13.1 Å². The topological polar surface area (TPSA) is 41.6 Å². The van der Waals surface area contributed by atoms with Crippen LogP contribution in [0.5, 0.6) is 5.75 Å². The lowest BCUT2D eigenvalue weighted by Crippen LogP contribution is -2.48. The molecule has 2 fully saturated rings. The first-order valence-electron chi connectivity index (χ1n) is 7.51. The molecule has 2 aliphatic heterocycles. The molecule has 0 aliphatic carbocycles. The number of nitrogens with zero attached hydrogens (tertiary/aromatic N) is 1. The molecule has 4 unspecified atom stereocenters. The Hall–Kier alpha value is -1.26. The third-order valence-corrected chi connectivity index (χ3v) is 4.73. The zero-order chi connectivity index (χ0) is 15.0. The van der Waals surface area contributed by atoms with Gasteiger partial charge in [0, 0.05) is 30.2 Å². The molecule has 4 nitrogen and oxygen atoms in total. The minimum Gasteiger partial charge on any atom is -0.481 e. The van der Waals surface area contributed by atoms with Crippen LogP contribution >= 0.6 is 11.6 Å². The van der Waals surface area contributed by atoms with Crippen LogP contribution in [0.4, 0.5) is 0 Å². The number of amides is 1. The summed E-state index contributed by atoms with van der Waals surface area (Å²) in [5.74, 6) is 1.29. The smallest absolute Gasteiger partial charge is 0.263 e. The Balaban J connectivity index is 1.69. The largest absolute Gasteiger partial charge is 0.481 e. The van der Waals surface area contributed by atoms with Crippen LogP contribution in [0.15, 0.2) is 24.3 Å². The number of benzene rings is 1. The van der Waals surface area contributed by atoms with Gasteiger partial charge in [-0.15, -0.1) is 0 Å².